The van der Waals surface area contributed by atoms with Crippen LogP contribution in [0.25, 0.3) is 0 Å². The van der Waals surface area contributed by atoms with Crippen molar-refractivity contribution in [1.29, 1.82) is 0 Å². The molecule has 0 aromatic carbocycles. The molecule has 5 heteroatoms. The molecule has 0 aromatic heterocycles. The van der Waals surface area contributed by atoms with Gasteiger partial charge in [-0.15, -0.1) is 0 Å². The molecule has 0 rings (SSSR count). The molecule has 5 heavy (non-hydrogen) atoms. The summed E-state index contributed by atoms with van der Waals surface area (Å²) in [5.41, 5.74) is 0. The first-order chi connectivity index (χ1) is 2.00. The minimum atomic E-state index is -2.92. The molecule has 0 aliphatic rings. The van der Waals surface area contributed by atoms with Crippen LogP contribution in [-0.2, 0) is 19.9 Å². The fourth-order valence-electron chi connectivity index (χ4n) is 0. The van der Waals surface area contributed by atoms with Crippen LogP contribution in [0.15, 0.2) is 0 Å². The third-order valence-electron chi connectivity index (χ3n) is 0. The van der Waals surface area contributed by atoms with Crippen molar-refractivity contribution in [2.24, 2.45) is 0 Å². The van der Waals surface area contributed by atoms with E-state index in [0.717, 1.165) is 15.8 Å². The van der Waals surface area contributed by atoms with E-state index in [2.05, 4.69) is 15.3 Å². The Labute approximate surface area is 45.6 Å². The molecule has 0 saturated heterocycles. The third-order valence-corrected chi connectivity index (χ3v) is 0. The Morgan fingerprint density at radius 2 is 2.00 bits per heavy atom. The first-order valence-corrected chi connectivity index (χ1v) is 5.84. The summed E-state index contributed by atoms with van der Waals surface area (Å²) in [6.07, 6.45) is 0. The van der Waals surface area contributed by atoms with Crippen molar-refractivity contribution < 1.29 is 24.8 Å². The van der Waals surface area contributed by atoms with E-state index in [1.807, 2.05) is 0 Å². The predicted octanol–water partition coefficient (Wildman–Crippen LogP) is -0.466. The van der Waals surface area contributed by atoms with E-state index in [1.54, 1.807) is 0 Å². The van der Waals surface area contributed by atoms with Gasteiger partial charge in [-0.1, -0.05) is 0 Å². The van der Waals surface area contributed by atoms with Crippen molar-refractivity contribution in [1.82, 2.24) is 0 Å². The van der Waals surface area contributed by atoms with Crippen molar-refractivity contribution in [3.05, 3.63) is 0 Å². The fraction of sp³-hybridized carbons (Fsp3) is 0. The first kappa shape index (κ1) is 6.23. The maximum absolute atomic E-state index is 9.64. The second kappa shape index (κ2) is 1.79. The van der Waals surface area contributed by atoms with E-state index in [4.69, 9.17) is 4.89 Å². The van der Waals surface area contributed by atoms with Gasteiger partial charge in [-0.3, -0.25) is 0 Å². The summed E-state index contributed by atoms with van der Waals surface area (Å²) >= 11 is 4.27. The molecule has 0 heterocycles. The van der Waals surface area contributed by atoms with Crippen molar-refractivity contribution in [3.63, 3.8) is 0 Å². The molecule has 0 bridgehead atoms. The Morgan fingerprint density at radius 3 is 2.00 bits per heavy atom. The quantitative estimate of drug-likeness (QED) is 0.375. The number of hydrogen-bond donors (Lipinski definition) is 1. The molecule has 0 aromatic rings. The van der Waals surface area contributed by atoms with Gasteiger partial charge < -0.3 is 0 Å². The molecular weight excluding hydrogens is 149 g/mol. The van der Waals surface area contributed by atoms with Gasteiger partial charge in [-0.25, -0.2) is 0 Å². The second-order valence-electron chi connectivity index (χ2n) is 0.585. The van der Waals surface area contributed by atoms with Gasteiger partial charge in [0.25, 0.3) is 0 Å². The van der Waals surface area contributed by atoms with Gasteiger partial charge in [0.05, 0.1) is 0 Å². The van der Waals surface area contributed by atoms with E-state index < -0.39 is 4.75 Å². The topological polar surface area (TPSA) is 37.3 Å². The molecule has 0 saturated carbocycles. The standard InChI is InChI=1S/Al.Co.HO2P.H/c;;1-3-2;/h;;(H,1,2);. The van der Waals surface area contributed by atoms with Gasteiger partial charge in [0.2, 0.25) is 0 Å². The van der Waals surface area contributed by atoms with Crippen LogP contribution in [0.1, 0.15) is 0 Å². The fourth-order valence-corrected chi connectivity index (χ4v) is 0. The second-order valence-corrected chi connectivity index (χ2v) is 8.17. The van der Waals surface area contributed by atoms with Crippen molar-refractivity contribution in [2.75, 3.05) is 0 Å². The van der Waals surface area contributed by atoms with Gasteiger partial charge in [0, 0.05) is 0 Å². The Kier molecular flexibility index (Phi) is 2.23. The molecule has 0 amide bonds. The molecule has 1 unspecified atom stereocenters. The van der Waals surface area contributed by atoms with Crippen LogP contribution in [-0.4, -0.2) is 20.7 Å². The van der Waals surface area contributed by atoms with Crippen LogP contribution in [0, 0.1) is 0 Å². The molecule has 0 aliphatic carbocycles. The average molecular weight is 151 g/mol. The average Bonchev–Trinajstić information content (AvgIpc) is 0.722. The normalized spacial score (nSPS) is 21.4. The molecule has 1 radical (unpaired) electrons. The minimum absolute atomic E-state index is 0.984. The summed E-state index contributed by atoms with van der Waals surface area (Å²) in [4.78, 5) is 7.95. The monoisotopic (exact) mass is 151 g/mol. The Balaban J connectivity index is 3.47. The van der Waals surface area contributed by atoms with E-state index in [9.17, 15) is 4.57 Å². The van der Waals surface area contributed by atoms with Gasteiger partial charge in [-0.2, -0.15) is 0 Å². The van der Waals surface area contributed by atoms with Gasteiger partial charge in [0.1, 0.15) is 0 Å². The Bertz CT molecular complexity index is 55.8. The summed E-state index contributed by atoms with van der Waals surface area (Å²) in [5.74, 6) is 0. The van der Waals surface area contributed by atoms with E-state index in [0.29, 0.717) is 0 Å². The molecule has 0 fully saturated rings. The number of hydrogen-bond acceptors (Lipinski definition) is 1. The zero-order chi connectivity index (χ0) is 4.50. The SMILES string of the molecule is O=[P](O)([AlH])[Co]. The predicted molar refractivity (Wildman–Crippen MR) is 17.0 cm³/mol. The molecule has 0 aliphatic heterocycles. The zero-order valence-electron chi connectivity index (χ0n) is 2.34. The molecule has 2 nitrogen and oxygen atoms in total. The Morgan fingerprint density at radius 1 is 2.00 bits per heavy atom. The van der Waals surface area contributed by atoms with Gasteiger partial charge >= 0.3 is 45.3 Å². The molecule has 0 spiro atoms. The Hall–Kier alpha value is 1.23. The molecule has 1 N–H and O–H groups in total. The zero-order valence-corrected chi connectivity index (χ0v) is 5.69. The van der Waals surface area contributed by atoms with Crippen LogP contribution in [0.4, 0.5) is 0 Å². The molecule has 31 valence electrons. The summed E-state index contributed by atoms with van der Waals surface area (Å²) in [6, 6.07) is 0. The summed E-state index contributed by atoms with van der Waals surface area (Å²) in [7, 11) is 0. The number of rotatable bonds is 0. The van der Waals surface area contributed by atoms with Crippen molar-refractivity contribution in [3.8, 4) is 0 Å². The van der Waals surface area contributed by atoms with Crippen LogP contribution < -0.4 is 0 Å². The summed E-state index contributed by atoms with van der Waals surface area (Å²) in [5, 5.41) is 0. The van der Waals surface area contributed by atoms with E-state index in [-0.39, 0.29) is 0 Å². The van der Waals surface area contributed by atoms with E-state index >= 15 is 0 Å². The van der Waals surface area contributed by atoms with Crippen LogP contribution in [0.5, 0.6) is 0 Å². The van der Waals surface area contributed by atoms with Crippen molar-refractivity contribution >= 4 is 20.6 Å². The van der Waals surface area contributed by atoms with Crippen LogP contribution >= 0.6 is 4.75 Å². The summed E-state index contributed by atoms with van der Waals surface area (Å²) < 4.78 is 6.72. The molecular formula is H2AlCoO2P. The van der Waals surface area contributed by atoms with Crippen molar-refractivity contribution in [2.45, 2.75) is 0 Å². The van der Waals surface area contributed by atoms with Gasteiger partial charge in [-0.05, 0) is 0 Å². The van der Waals surface area contributed by atoms with Gasteiger partial charge in [0.15, 0.2) is 0 Å². The van der Waals surface area contributed by atoms with E-state index in [1.165, 1.54) is 0 Å². The summed E-state index contributed by atoms with van der Waals surface area (Å²) in [6.45, 7) is 0. The first-order valence-electron chi connectivity index (χ1n) is 0.848. The third kappa shape index (κ3) is 36.1. The molecule has 1 atom stereocenters. The van der Waals surface area contributed by atoms with Crippen LogP contribution in [0.3, 0.4) is 0 Å². The maximum atomic E-state index is 9.64. The van der Waals surface area contributed by atoms with Crippen LogP contribution in [0.2, 0.25) is 0 Å².